The van der Waals surface area contributed by atoms with E-state index >= 15 is 0 Å². The fraction of sp³-hybridized carbons (Fsp3) is 0.375. The Hall–Kier alpha value is -2.39. The molecule has 3 rings (SSSR count). The molecular formula is C24H30N2O. The van der Waals surface area contributed by atoms with Gasteiger partial charge >= 0.3 is 0 Å². The largest absolute Gasteiger partial charge is 0.334 e. The topological polar surface area (TPSA) is 23.6 Å². The van der Waals surface area contributed by atoms with E-state index in [0.717, 1.165) is 42.9 Å². The van der Waals surface area contributed by atoms with Gasteiger partial charge in [-0.1, -0.05) is 67.1 Å². The predicted molar refractivity (Wildman–Crippen MR) is 113 cm³/mol. The molecule has 0 N–H and O–H groups in total. The van der Waals surface area contributed by atoms with Crippen molar-refractivity contribution in [2.45, 2.75) is 26.2 Å². The van der Waals surface area contributed by atoms with Crippen molar-refractivity contribution >= 4 is 12.0 Å². The lowest BCUT2D eigenvalue weighted by atomic mass is 10.1. The number of carbonyl (C=O) groups excluding carboxylic acids is 1. The van der Waals surface area contributed by atoms with Crippen LogP contribution in [0, 0.1) is 6.92 Å². The van der Waals surface area contributed by atoms with Crippen LogP contribution in [0.15, 0.2) is 60.7 Å². The van der Waals surface area contributed by atoms with Gasteiger partial charge in [-0.25, -0.2) is 0 Å². The van der Waals surface area contributed by atoms with Crippen LogP contribution in [0.5, 0.6) is 0 Å². The van der Waals surface area contributed by atoms with Gasteiger partial charge in [0.05, 0.1) is 0 Å². The van der Waals surface area contributed by atoms with Gasteiger partial charge in [0, 0.05) is 25.2 Å². The first-order chi connectivity index (χ1) is 13.2. The van der Waals surface area contributed by atoms with Crippen LogP contribution in [-0.2, 0) is 0 Å². The molecule has 1 fully saturated rings. The highest BCUT2D eigenvalue weighted by Crippen LogP contribution is 2.13. The molecule has 0 aromatic heterocycles. The van der Waals surface area contributed by atoms with E-state index in [1.54, 1.807) is 0 Å². The molecule has 0 unspecified atom stereocenters. The molecule has 1 heterocycles. The van der Waals surface area contributed by atoms with Crippen LogP contribution in [0.1, 0.15) is 40.7 Å². The Labute approximate surface area is 163 Å². The average molecular weight is 363 g/mol. The lowest BCUT2D eigenvalue weighted by molar-refractivity contribution is 0.0749. The summed E-state index contributed by atoms with van der Waals surface area (Å²) in [6.07, 6.45) is 8.09. The molecule has 0 atom stereocenters. The molecule has 2 aromatic rings. The summed E-state index contributed by atoms with van der Waals surface area (Å²) >= 11 is 0. The normalized spacial score (nSPS) is 15.1. The van der Waals surface area contributed by atoms with E-state index in [0.29, 0.717) is 6.54 Å². The molecule has 1 amide bonds. The molecule has 27 heavy (non-hydrogen) atoms. The Bertz CT molecular complexity index is 748. The molecule has 0 saturated carbocycles. The SMILES string of the molecule is Cc1ccccc1C(=O)N(C/C=C/c1ccccc1)CCN1CCCCC1. The number of carbonyl (C=O) groups is 1. The second kappa shape index (κ2) is 10.1. The maximum Gasteiger partial charge on any atom is 0.254 e. The number of piperidine rings is 1. The Morgan fingerprint density at radius 3 is 2.44 bits per heavy atom. The number of nitrogens with zero attached hydrogens (tertiary/aromatic N) is 2. The number of likely N-dealkylation sites (tertiary alicyclic amines) is 1. The van der Waals surface area contributed by atoms with E-state index in [2.05, 4.69) is 29.2 Å². The van der Waals surface area contributed by atoms with E-state index in [4.69, 9.17) is 0 Å². The minimum absolute atomic E-state index is 0.128. The molecule has 1 saturated heterocycles. The van der Waals surface area contributed by atoms with E-state index in [1.807, 2.05) is 54.3 Å². The molecule has 2 aromatic carbocycles. The first-order valence-electron chi connectivity index (χ1n) is 10.0. The zero-order valence-corrected chi connectivity index (χ0v) is 16.3. The van der Waals surface area contributed by atoms with Gasteiger partial charge in [0.1, 0.15) is 0 Å². The molecule has 3 heteroatoms. The minimum Gasteiger partial charge on any atom is -0.334 e. The molecule has 0 radical (unpaired) electrons. The van der Waals surface area contributed by atoms with Gasteiger partial charge in [0.15, 0.2) is 0 Å². The van der Waals surface area contributed by atoms with Crippen LogP contribution < -0.4 is 0 Å². The second-order valence-corrected chi connectivity index (χ2v) is 7.28. The summed E-state index contributed by atoms with van der Waals surface area (Å²) in [5.41, 5.74) is 3.01. The third-order valence-corrected chi connectivity index (χ3v) is 5.23. The van der Waals surface area contributed by atoms with E-state index in [9.17, 15) is 4.79 Å². The van der Waals surface area contributed by atoms with Crippen molar-refractivity contribution in [1.29, 1.82) is 0 Å². The van der Waals surface area contributed by atoms with Gasteiger partial charge in [-0.15, -0.1) is 0 Å². The van der Waals surface area contributed by atoms with E-state index in [-0.39, 0.29) is 5.91 Å². The van der Waals surface area contributed by atoms with Crippen molar-refractivity contribution in [3.63, 3.8) is 0 Å². The predicted octanol–water partition coefficient (Wildman–Crippen LogP) is 4.64. The third-order valence-electron chi connectivity index (χ3n) is 5.23. The standard InChI is InChI=1S/C24H30N2O/c1-21-11-6-7-15-23(21)24(27)26(20-19-25-16-8-3-9-17-25)18-10-14-22-12-4-2-5-13-22/h2,4-7,10-15H,3,8-9,16-20H2,1H3/b14-10+. The molecule has 1 aliphatic heterocycles. The summed E-state index contributed by atoms with van der Waals surface area (Å²) in [5.74, 6) is 0.128. The van der Waals surface area contributed by atoms with Crippen molar-refractivity contribution in [1.82, 2.24) is 9.80 Å². The smallest absolute Gasteiger partial charge is 0.254 e. The molecule has 0 spiro atoms. The maximum atomic E-state index is 13.2. The highest BCUT2D eigenvalue weighted by Gasteiger charge is 2.18. The lowest BCUT2D eigenvalue weighted by Crippen LogP contribution is -2.40. The Kier molecular flexibility index (Phi) is 7.23. The number of aryl methyl sites for hydroxylation is 1. The first kappa shape index (κ1) is 19.4. The van der Waals surface area contributed by atoms with Crippen LogP contribution in [0.4, 0.5) is 0 Å². The van der Waals surface area contributed by atoms with Crippen LogP contribution in [0.2, 0.25) is 0 Å². The quantitative estimate of drug-likeness (QED) is 0.716. The highest BCUT2D eigenvalue weighted by atomic mass is 16.2. The second-order valence-electron chi connectivity index (χ2n) is 7.28. The van der Waals surface area contributed by atoms with Crippen molar-refractivity contribution in [3.05, 3.63) is 77.4 Å². The average Bonchev–Trinajstić information content (AvgIpc) is 2.72. The number of amides is 1. The molecule has 0 bridgehead atoms. The monoisotopic (exact) mass is 362 g/mol. The summed E-state index contributed by atoms with van der Waals surface area (Å²) < 4.78 is 0. The molecule has 142 valence electrons. The first-order valence-corrected chi connectivity index (χ1v) is 10.0. The fourth-order valence-electron chi connectivity index (χ4n) is 3.58. The van der Waals surface area contributed by atoms with Crippen molar-refractivity contribution in [2.75, 3.05) is 32.7 Å². The van der Waals surface area contributed by atoms with Crippen molar-refractivity contribution in [3.8, 4) is 0 Å². The van der Waals surface area contributed by atoms with Crippen molar-refractivity contribution < 1.29 is 4.79 Å². The van der Waals surface area contributed by atoms with Crippen molar-refractivity contribution in [2.24, 2.45) is 0 Å². The third kappa shape index (κ3) is 5.80. The van der Waals surface area contributed by atoms with Crippen LogP contribution in [0.25, 0.3) is 6.08 Å². The van der Waals surface area contributed by atoms with Gasteiger partial charge in [0.2, 0.25) is 0 Å². The summed E-state index contributed by atoms with van der Waals surface area (Å²) in [7, 11) is 0. The summed E-state index contributed by atoms with van der Waals surface area (Å²) in [6.45, 7) is 6.69. The lowest BCUT2D eigenvalue weighted by Gasteiger charge is -2.30. The number of benzene rings is 2. The van der Waals surface area contributed by atoms with Gasteiger partial charge in [0.25, 0.3) is 5.91 Å². The summed E-state index contributed by atoms with van der Waals surface area (Å²) in [6, 6.07) is 18.1. The Balaban J connectivity index is 1.68. The zero-order chi connectivity index (χ0) is 18.9. The Morgan fingerprint density at radius 1 is 1.00 bits per heavy atom. The van der Waals surface area contributed by atoms with E-state index < -0.39 is 0 Å². The van der Waals surface area contributed by atoms with Crippen LogP contribution in [0.3, 0.4) is 0 Å². The van der Waals surface area contributed by atoms with Crippen LogP contribution in [-0.4, -0.2) is 48.4 Å². The summed E-state index contributed by atoms with van der Waals surface area (Å²) in [4.78, 5) is 17.6. The highest BCUT2D eigenvalue weighted by molar-refractivity contribution is 5.95. The minimum atomic E-state index is 0.128. The Morgan fingerprint density at radius 2 is 1.70 bits per heavy atom. The van der Waals surface area contributed by atoms with Gasteiger partial charge in [-0.3, -0.25) is 4.79 Å². The number of hydrogen-bond donors (Lipinski definition) is 0. The molecular weight excluding hydrogens is 332 g/mol. The van der Waals surface area contributed by atoms with E-state index in [1.165, 1.54) is 19.3 Å². The molecule has 1 aliphatic rings. The molecule has 0 aliphatic carbocycles. The fourth-order valence-corrected chi connectivity index (χ4v) is 3.58. The maximum absolute atomic E-state index is 13.2. The molecule has 3 nitrogen and oxygen atoms in total. The van der Waals surface area contributed by atoms with Gasteiger partial charge in [-0.2, -0.15) is 0 Å². The van der Waals surface area contributed by atoms with Gasteiger partial charge in [-0.05, 0) is 50.0 Å². The summed E-state index contributed by atoms with van der Waals surface area (Å²) in [5, 5.41) is 0. The number of rotatable bonds is 7. The number of hydrogen-bond acceptors (Lipinski definition) is 2. The van der Waals surface area contributed by atoms with Gasteiger partial charge < -0.3 is 9.80 Å². The van der Waals surface area contributed by atoms with Crippen LogP contribution >= 0.6 is 0 Å². The zero-order valence-electron chi connectivity index (χ0n) is 16.3.